The Morgan fingerprint density at radius 1 is 1.29 bits per heavy atom. The van der Waals surface area contributed by atoms with Crippen LogP contribution in [-0.2, 0) is 22.4 Å². The standard InChI is InChI=1S/C17H28N4O3/c1-23-10-9-21-11-12-5-3-7-14(16(12)20-21)19-17(22)18-13-6-4-8-15(13)24-2/h11,13-15H,3-10H2,1-2H3,(H2,18,19,22)/t13-,14+,15-/m1/s1. The van der Waals surface area contributed by atoms with Crippen LogP contribution in [0.5, 0.6) is 0 Å². The van der Waals surface area contributed by atoms with E-state index in [2.05, 4.69) is 21.9 Å². The van der Waals surface area contributed by atoms with Gasteiger partial charge < -0.3 is 20.1 Å². The van der Waals surface area contributed by atoms with Gasteiger partial charge in [-0.25, -0.2) is 4.79 Å². The number of carbonyl (C=O) groups excluding carboxylic acids is 1. The average molecular weight is 336 g/mol. The zero-order chi connectivity index (χ0) is 16.9. The van der Waals surface area contributed by atoms with Gasteiger partial charge in [-0.2, -0.15) is 5.10 Å². The van der Waals surface area contributed by atoms with Crippen LogP contribution in [0.15, 0.2) is 6.20 Å². The molecule has 0 bridgehead atoms. The Balaban J connectivity index is 1.60. The molecule has 2 aliphatic rings. The predicted molar refractivity (Wildman–Crippen MR) is 89.9 cm³/mol. The molecule has 7 heteroatoms. The second-order valence-electron chi connectivity index (χ2n) is 6.67. The van der Waals surface area contributed by atoms with Crippen molar-refractivity contribution < 1.29 is 14.3 Å². The molecule has 134 valence electrons. The first-order valence-electron chi connectivity index (χ1n) is 8.86. The lowest BCUT2D eigenvalue weighted by Gasteiger charge is -2.25. The minimum absolute atomic E-state index is 0.0139. The molecule has 0 aromatic carbocycles. The fourth-order valence-corrected chi connectivity index (χ4v) is 3.78. The van der Waals surface area contributed by atoms with Gasteiger partial charge in [0.15, 0.2) is 0 Å². The van der Waals surface area contributed by atoms with Gasteiger partial charge in [-0.05, 0) is 44.1 Å². The SMILES string of the molecule is COCCn1cc2c(n1)[C@@H](NC(=O)N[C@@H]1CCC[C@H]1OC)CCC2. The summed E-state index contributed by atoms with van der Waals surface area (Å²) < 4.78 is 12.5. The third-order valence-corrected chi connectivity index (χ3v) is 5.04. The molecule has 0 spiro atoms. The highest BCUT2D eigenvalue weighted by atomic mass is 16.5. The van der Waals surface area contributed by atoms with E-state index >= 15 is 0 Å². The van der Waals surface area contributed by atoms with Crippen molar-refractivity contribution in [2.24, 2.45) is 0 Å². The van der Waals surface area contributed by atoms with Crippen molar-refractivity contribution in [3.05, 3.63) is 17.5 Å². The molecule has 3 atom stereocenters. The number of rotatable bonds is 6. The molecule has 0 unspecified atom stereocenters. The highest BCUT2D eigenvalue weighted by Crippen LogP contribution is 2.28. The first-order chi connectivity index (χ1) is 11.7. The number of urea groups is 1. The van der Waals surface area contributed by atoms with Gasteiger partial charge in [-0.15, -0.1) is 0 Å². The Bertz CT molecular complexity index is 560. The third-order valence-electron chi connectivity index (χ3n) is 5.04. The molecule has 0 aliphatic heterocycles. The van der Waals surface area contributed by atoms with Crippen molar-refractivity contribution in [2.75, 3.05) is 20.8 Å². The maximum Gasteiger partial charge on any atom is 0.315 e. The van der Waals surface area contributed by atoms with E-state index in [-0.39, 0.29) is 24.2 Å². The van der Waals surface area contributed by atoms with Gasteiger partial charge in [0.1, 0.15) is 0 Å². The lowest BCUT2D eigenvalue weighted by atomic mass is 9.94. The van der Waals surface area contributed by atoms with Crippen molar-refractivity contribution in [2.45, 2.75) is 63.3 Å². The van der Waals surface area contributed by atoms with Crippen LogP contribution >= 0.6 is 0 Å². The second kappa shape index (κ2) is 7.98. The topological polar surface area (TPSA) is 77.4 Å². The minimum Gasteiger partial charge on any atom is -0.383 e. The van der Waals surface area contributed by atoms with Crippen molar-refractivity contribution in [1.29, 1.82) is 0 Å². The van der Waals surface area contributed by atoms with E-state index in [4.69, 9.17) is 9.47 Å². The summed E-state index contributed by atoms with van der Waals surface area (Å²) in [6.07, 6.45) is 8.32. The first kappa shape index (κ1) is 17.2. The van der Waals surface area contributed by atoms with Crippen molar-refractivity contribution in [3.63, 3.8) is 0 Å². The summed E-state index contributed by atoms with van der Waals surface area (Å²) >= 11 is 0. The Hall–Kier alpha value is -1.60. The first-order valence-corrected chi connectivity index (χ1v) is 8.86. The molecular weight excluding hydrogens is 308 g/mol. The molecule has 7 nitrogen and oxygen atoms in total. The number of hydrogen-bond donors (Lipinski definition) is 2. The maximum atomic E-state index is 12.4. The zero-order valence-electron chi connectivity index (χ0n) is 14.6. The molecule has 3 rings (SSSR count). The normalized spacial score (nSPS) is 26.2. The number of nitrogens with one attached hydrogen (secondary N) is 2. The van der Waals surface area contributed by atoms with Crippen LogP contribution in [0.1, 0.15) is 49.4 Å². The summed E-state index contributed by atoms with van der Waals surface area (Å²) in [6.45, 7) is 1.37. The molecule has 2 amide bonds. The highest BCUT2D eigenvalue weighted by Gasteiger charge is 2.30. The number of aromatic nitrogens is 2. The lowest BCUT2D eigenvalue weighted by molar-refractivity contribution is 0.0872. The van der Waals surface area contributed by atoms with E-state index in [9.17, 15) is 4.79 Å². The summed E-state index contributed by atoms with van der Waals surface area (Å²) in [5, 5.41) is 10.8. The smallest absolute Gasteiger partial charge is 0.315 e. The number of carbonyl (C=O) groups is 1. The Morgan fingerprint density at radius 3 is 2.96 bits per heavy atom. The number of ether oxygens (including phenoxy) is 2. The average Bonchev–Trinajstić information content (AvgIpc) is 3.19. The molecule has 2 N–H and O–H groups in total. The van der Waals surface area contributed by atoms with Crippen molar-refractivity contribution >= 4 is 6.03 Å². The molecular formula is C17H28N4O3. The molecule has 1 fully saturated rings. The second-order valence-corrected chi connectivity index (χ2v) is 6.67. The maximum absolute atomic E-state index is 12.4. The van der Waals surface area contributed by atoms with Gasteiger partial charge in [0.2, 0.25) is 0 Å². The predicted octanol–water partition coefficient (Wildman–Crippen LogP) is 1.77. The molecule has 0 radical (unpaired) electrons. The quantitative estimate of drug-likeness (QED) is 0.830. The van der Waals surface area contributed by atoms with Crippen LogP contribution in [0.4, 0.5) is 4.79 Å². The molecule has 1 heterocycles. The number of nitrogens with zero attached hydrogens (tertiary/aromatic N) is 2. The third kappa shape index (κ3) is 3.89. The van der Waals surface area contributed by atoms with Crippen molar-refractivity contribution in [1.82, 2.24) is 20.4 Å². The van der Waals surface area contributed by atoms with Crippen LogP contribution < -0.4 is 10.6 Å². The van der Waals surface area contributed by atoms with Crippen molar-refractivity contribution in [3.8, 4) is 0 Å². The van der Waals surface area contributed by atoms with Crippen LogP contribution in [0.3, 0.4) is 0 Å². The Morgan fingerprint density at radius 2 is 2.17 bits per heavy atom. The van der Waals surface area contributed by atoms with Crippen LogP contribution in [0.2, 0.25) is 0 Å². The van der Waals surface area contributed by atoms with Gasteiger partial charge in [0.25, 0.3) is 0 Å². The summed E-state index contributed by atoms with van der Waals surface area (Å²) in [5.74, 6) is 0. The molecule has 24 heavy (non-hydrogen) atoms. The number of hydrogen-bond acceptors (Lipinski definition) is 4. The number of aryl methyl sites for hydroxylation is 1. The molecule has 1 aromatic rings. The molecule has 1 saturated carbocycles. The van der Waals surface area contributed by atoms with E-state index in [1.54, 1.807) is 14.2 Å². The van der Waals surface area contributed by atoms with Gasteiger partial charge >= 0.3 is 6.03 Å². The Kier molecular flexibility index (Phi) is 5.73. The largest absolute Gasteiger partial charge is 0.383 e. The fraction of sp³-hybridized carbons (Fsp3) is 0.765. The summed E-state index contributed by atoms with van der Waals surface area (Å²) in [7, 11) is 3.40. The van der Waals surface area contributed by atoms with Gasteiger partial charge in [-0.1, -0.05) is 0 Å². The zero-order valence-corrected chi connectivity index (χ0v) is 14.6. The van der Waals surface area contributed by atoms with Crippen LogP contribution in [0, 0.1) is 0 Å². The van der Waals surface area contributed by atoms with Gasteiger partial charge in [0.05, 0.1) is 37.0 Å². The number of methoxy groups -OCH3 is 2. The van der Waals surface area contributed by atoms with E-state index in [0.717, 1.165) is 50.8 Å². The summed E-state index contributed by atoms with van der Waals surface area (Å²) in [5.41, 5.74) is 2.24. The summed E-state index contributed by atoms with van der Waals surface area (Å²) in [4.78, 5) is 12.4. The molecule has 0 saturated heterocycles. The summed E-state index contributed by atoms with van der Waals surface area (Å²) in [6, 6.07) is -0.0227. The molecule has 1 aromatic heterocycles. The monoisotopic (exact) mass is 336 g/mol. The van der Waals surface area contributed by atoms with E-state index in [1.165, 1.54) is 5.56 Å². The van der Waals surface area contributed by atoms with Gasteiger partial charge in [-0.3, -0.25) is 4.68 Å². The van der Waals surface area contributed by atoms with Crippen LogP contribution in [-0.4, -0.2) is 48.8 Å². The van der Waals surface area contributed by atoms with E-state index in [1.807, 2.05) is 4.68 Å². The van der Waals surface area contributed by atoms with Crippen LogP contribution in [0.25, 0.3) is 0 Å². The molecule has 2 aliphatic carbocycles. The highest BCUT2D eigenvalue weighted by molar-refractivity contribution is 5.75. The number of fused-ring (bicyclic) bond motifs is 1. The minimum atomic E-state index is -0.117. The lowest BCUT2D eigenvalue weighted by Crippen LogP contribution is -2.47. The fourth-order valence-electron chi connectivity index (χ4n) is 3.78. The van der Waals surface area contributed by atoms with E-state index < -0.39 is 0 Å². The Labute approximate surface area is 143 Å². The number of amides is 2. The van der Waals surface area contributed by atoms with E-state index in [0.29, 0.717) is 6.61 Å². The van der Waals surface area contributed by atoms with Gasteiger partial charge in [0, 0.05) is 20.4 Å².